The van der Waals surface area contributed by atoms with E-state index in [1.54, 1.807) is 24.3 Å². The number of carbonyl (C=O) groups is 1. The van der Waals surface area contributed by atoms with Crippen LogP contribution in [0.2, 0.25) is 0 Å². The fourth-order valence-electron chi connectivity index (χ4n) is 3.10. The summed E-state index contributed by atoms with van der Waals surface area (Å²) in [5.41, 5.74) is -0.397. The number of anilines is 1. The van der Waals surface area contributed by atoms with Crippen molar-refractivity contribution in [3.05, 3.63) is 42.5 Å². The number of rotatable bonds is 3. The fraction of sp³-hybridized carbons (Fsp3) is 0.450. The van der Waals surface area contributed by atoms with Gasteiger partial charge in [0.25, 0.3) is 0 Å². The Bertz CT molecular complexity index is 822. The molecule has 0 aliphatic carbocycles. The molecule has 27 heavy (non-hydrogen) atoms. The quantitative estimate of drug-likeness (QED) is 0.825. The molecule has 144 valence electrons. The maximum Gasteiger partial charge on any atom is 0.228 e. The summed E-state index contributed by atoms with van der Waals surface area (Å²) in [7, 11) is 0. The first kappa shape index (κ1) is 19.1. The lowest BCUT2D eigenvalue weighted by molar-refractivity contribution is -0.142. The number of halogens is 1. The van der Waals surface area contributed by atoms with Crippen LogP contribution in [0.5, 0.6) is 11.6 Å². The smallest absolute Gasteiger partial charge is 0.228 e. The molecular formula is C20H25FN4O2. The average Bonchev–Trinajstić information content (AvgIpc) is 2.62. The fourth-order valence-corrected chi connectivity index (χ4v) is 3.10. The minimum absolute atomic E-state index is 0.0661. The SMILES string of the molecule is CC1CN(c2cc(Oc3ccccc3F)ncn2)CCN1C(=O)C(C)(C)C. The molecule has 6 nitrogen and oxygen atoms in total. The highest BCUT2D eigenvalue weighted by Crippen LogP contribution is 2.27. The third-order valence-electron chi connectivity index (χ3n) is 4.53. The van der Waals surface area contributed by atoms with Crippen molar-refractivity contribution in [3.8, 4) is 11.6 Å². The van der Waals surface area contributed by atoms with Gasteiger partial charge in [0.15, 0.2) is 11.6 Å². The maximum atomic E-state index is 13.8. The number of hydrogen-bond acceptors (Lipinski definition) is 5. The molecule has 1 unspecified atom stereocenters. The zero-order chi connectivity index (χ0) is 19.6. The first-order valence-electron chi connectivity index (χ1n) is 9.06. The molecule has 7 heteroatoms. The number of hydrogen-bond donors (Lipinski definition) is 0. The molecule has 2 heterocycles. The van der Waals surface area contributed by atoms with Crippen LogP contribution in [0.15, 0.2) is 36.7 Å². The van der Waals surface area contributed by atoms with Crippen molar-refractivity contribution < 1.29 is 13.9 Å². The Morgan fingerprint density at radius 1 is 1.22 bits per heavy atom. The summed E-state index contributed by atoms with van der Waals surface area (Å²) in [5, 5.41) is 0. The Hall–Kier alpha value is -2.70. The molecule has 0 bridgehead atoms. The Kier molecular flexibility index (Phi) is 5.30. The van der Waals surface area contributed by atoms with Gasteiger partial charge < -0.3 is 14.5 Å². The number of para-hydroxylation sites is 1. The summed E-state index contributed by atoms with van der Waals surface area (Å²) in [6.07, 6.45) is 1.41. The van der Waals surface area contributed by atoms with Crippen LogP contribution in [0.3, 0.4) is 0 Å². The predicted molar refractivity (Wildman–Crippen MR) is 101 cm³/mol. The van der Waals surface area contributed by atoms with Crippen molar-refractivity contribution in [1.82, 2.24) is 14.9 Å². The van der Waals surface area contributed by atoms with Gasteiger partial charge in [0.2, 0.25) is 11.8 Å². The van der Waals surface area contributed by atoms with Gasteiger partial charge in [-0.25, -0.2) is 14.4 Å². The molecule has 1 aromatic heterocycles. The van der Waals surface area contributed by atoms with E-state index in [0.29, 0.717) is 25.5 Å². The van der Waals surface area contributed by atoms with Crippen LogP contribution in [-0.4, -0.2) is 46.5 Å². The monoisotopic (exact) mass is 372 g/mol. The van der Waals surface area contributed by atoms with E-state index in [2.05, 4.69) is 14.9 Å². The summed E-state index contributed by atoms with van der Waals surface area (Å²) in [6.45, 7) is 9.81. The van der Waals surface area contributed by atoms with Crippen molar-refractivity contribution in [3.63, 3.8) is 0 Å². The zero-order valence-electron chi connectivity index (χ0n) is 16.1. The molecule has 1 aliphatic heterocycles. The van der Waals surface area contributed by atoms with Crippen LogP contribution < -0.4 is 9.64 Å². The van der Waals surface area contributed by atoms with Crippen LogP contribution in [0.1, 0.15) is 27.7 Å². The molecule has 3 rings (SSSR count). The standard InChI is InChI=1S/C20H25FN4O2/c1-14-12-24(9-10-25(14)19(26)20(2,3)4)17-11-18(23-13-22-17)27-16-8-6-5-7-15(16)21/h5-8,11,13-14H,9-10,12H2,1-4H3. The molecule has 1 amide bonds. The molecule has 0 N–H and O–H groups in total. The lowest BCUT2D eigenvalue weighted by atomic mass is 9.93. The maximum absolute atomic E-state index is 13.8. The highest BCUT2D eigenvalue weighted by atomic mass is 19.1. The largest absolute Gasteiger partial charge is 0.436 e. The van der Waals surface area contributed by atoms with E-state index in [1.807, 2.05) is 32.6 Å². The molecule has 0 radical (unpaired) electrons. The summed E-state index contributed by atoms with van der Waals surface area (Å²) >= 11 is 0. The second-order valence-corrected chi connectivity index (χ2v) is 7.79. The number of amides is 1. The van der Waals surface area contributed by atoms with Crippen molar-refractivity contribution in [2.45, 2.75) is 33.7 Å². The Labute approximate surface area is 159 Å². The van der Waals surface area contributed by atoms with Crippen molar-refractivity contribution in [1.29, 1.82) is 0 Å². The first-order chi connectivity index (χ1) is 12.8. The highest BCUT2D eigenvalue weighted by molar-refractivity contribution is 5.82. The van der Waals surface area contributed by atoms with E-state index in [1.165, 1.54) is 12.4 Å². The van der Waals surface area contributed by atoms with Crippen LogP contribution in [-0.2, 0) is 4.79 Å². The van der Waals surface area contributed by atoms with E-state index < -0.39 is 11.2 Å². The number of ether oxygens (including phenoxy) is 1. The lowest BCUT2D eigenvalue weighted by Gasteiger charge is -2.42. The van der Waals surface area contributed by atoms with E-state index in [9.17, 15) is 9.18 Å². The number of nitrogens with zero attached hydrogens (tertiary/aromatic N) is 4. The second-order valence-electron chi connectivity index (χ2n) is 7.79. The summed E-state index contributed by atoms with van der Waals surface area (Å²) in [4.78, 5) is 25.0. The van der Waals surface area contributed by atoms with Gasteiger partial charge in [-0.2, -0.15) is 0 Å². The number of benzene rings is 1. The van der Waals surface area contributed by atoms with Gasteiger partial charge in [0.1, 0.15) is 12.1 Å². The normalized spacial score (nSPS) is 17.7. The Morgan fingerprint density at radius 3 is 2.63 bits per heavy atom. The Balaban J connectivity index is 1.71. The van der Waals surface area contributed by atoms with Gasteiger partial charge in [-0.15, -0.1) is 0 Å². The summed E-state index contributed by atoms with van der Waals surface area (Å²) < 4.78 is 19.3. The first-order valence-corrected chi connectivity index (χ1v) is 9.06. The van der Waals surface area contributed by atoms with Gasteiger partial charge in [0.05, 0.1) is 0 Å². The van der Waals surface area contributed by atoms with Gasteiger partial charge >= 0.3 is 0 Å². The highest BCUT2D eigenvalue weighted by Gasteiger charge is 2.34. The van der Waals surface area contributed by atoms with E-state index >= 15 is 0 Å². The minimum Gasteiger partial charge on any atom is -0.436 e. The van der Waals surface area contributed by atoms with Crippen LogP contribution in [0.25, 0.3) is 0 Å². The lowest BCUT2D eigenvalue weighted by Crippen LogP contribution is -2.56. The van der Waals surface area contributed by atoms with Crippen molar-refractivity contribution >= 4 is 11.7 Å². The summed E-state index contributed by atoms with van der Waals surface area (Å²) in [6, 6.07) is 7.96. The van der Waals surface area contributed by atoms with Crippen LogP contribution >= 0.6 is 0 Å². The average molecular weight is 372 g/mol. The molecular weight excluding hydrogens is 347 g/mol. The second kappa shape index (κ2) is 7.50. The number of aromatic nitrogens is 2. The molecule has 1 aliphatic rings. The molecule has 0 saturated carbocycles. The molecule has 2 aromatic rings. The van der Waals surface area contributed by atoms with Gasteiger partial charge in [-0.1, -0.05) is 32.9 Å². The minimum atomic E-state index is -0.444. The summed E-state index contributed by atoms with van der Waals surface area (Å²) in [5.74, 6) is 0.814. The molecule has 1 fully saturated rings. The van der Waals surface area contributed by atoms with E-state index in [0.717, 1.165) is 0 Å². The Morgan fingerprint density at radius 2 is 1.96 bits per heavy atom. The zero-order valence-corrected chi connectivity index (χ0v) is 16.1. The topological polar surface area (TPSA) is 58.6 Å². The number of carbonyl (C=O) groups excluding carboxylic acids is 1. The van der Waals surface area contributed by atoms with E-state index in [-0.39, 0.29) is 23.6 Å². The van der Waals surface area contributed by atoms with Crippen molar-refractivity contribution in [2.75, 3.05) is 24.5 Å². The van der Waals surface area contributed by atoms with Gasteiger partial charge in [-0.3, -0.25) is 4.79 Å². The predicted octanol–water partition coefficient (Wildman–Crippen LogP) is 3.49. The molecule has 1 saturated heterocycles. The van der Waals surface area contributed by atoms with Crippen LogP contribution in [0, 0.1) is 11.2 Å². The van der Waals surface area contributed by atoms with Gasteiger partial charge in [0, 0.05) is 37.2 Å². The molecule has 0 spiro atoms. The third-order valence-corrected chi connectivity index (χ3v) is 4.53. The molecule has 1 atom stereocenters. The van der Waals surface area contributed by atoms with Crippen LogP contribution in [0.4, 0.5) is 10.2 Å². The molecule has 1 aromatic carbocycles. The third kappa shape index (κ3) is 4.35. The number of piperazine rings is 1. The van der Waals surface area contributed by atoms with E-state index in [4.69, 9.17) is 4.74 Å². The van der Waals surface area contributed by atoms with Crippen molar-refractivity contribution in [2.24, 2.45) is 5.41 Å². The van der Waals surface area contributed by atoms with Gasteiger partial charge in [-0.05, 0) is 19.1 Å².